The summed E-state index contributed by atoms with van der Waals surface area (Å²) >= 11 is 0. The highest BCUT2D eigenvalue weighted by molar-refractivity contribution is 5.72. The van der Waals surface area contributed by atoms with Gasteiger partial charge in [-0.2, -0.15) is 0 Å². The normalized spacial score (nSPS) is 11.6. The third-order valence-corrected chi connectivity index (χ3v) is 2.68. The highest BCUT2D eigenvalue weighted by Crippen LogP contribution is 2.35. The number of rotatable bonds is 5. The minimum atomic E-state index is -4.72. The number of ether oxygens (including phenoxy) is 1. The van der Waals surface area contributed by atoms with Gasteiger partial charge in [0.05, 0.1) is 12.8 Å². The second-order valence-corrected chi connectivity index (χ2v) is 4.08. The Hall–Kier alpha value is -1.95. The minimum Gasteiger partial charge on any atom is -0.467 e. The summed E-state index contributed by atoms with van der Waals surface area (Å²) in [5, 5.41) is 3.07. The largest absolute Gasteiger partial charge is 0.573 e. The monoisotopic (exact) mass is 285 g/mol. The molecule has 20 heavy (non-hydrogen) atoms. The van der Waals surface area contributed by atoms with Crippen LogP contribution in [0.1, 0.15) is 12.7 Å². The number of halogens is 3. The molecule has 108 valence electrons. The molecule has 0 aliphatic rings. The van der Waals surface area contributed by atoms with Crippen molar-refractivity contribution in [2.75, 3.05) is 6.54 Å². The van der Waals surface area contributed by atoms with Gasteiger partial charge in [-0.05, 0) is 18.7 Å². The topological polar surface area (TPSA) is 34.4 Å². The first-order valence-electron chi connectivity index (χ1n) is 6.13. The van der Waals surface area contributed by atoms with Gasteiger partial charge in [0.1, 0.15) is 11.5 Å². The number of hydrogen-bond donors (Lipinski definition) is 1. The smallest absolute Gasteiger partial charge is 0.467 e. The van der Waals surface area contributed by atoms with Crippen molar-refractivity contribution in [3.8, 4) is 16.9 Å². The van der Waals surface area contributed by atoms with Crippen LogP contribution in [-0.4, -0.2) is 12.9 Å². The molecule has 0 atom stereocenters. The summed E-state index contributed by atoms with van der Waals surface area (Å²) in [7, 11) is 0. The average molecular weight is 285 g/mol. The number of hydrogen-bond acceptors (Lipinski definition) is 3. The zero-order valence-electron chi connectivity index (χ0n) is 10.8. The summed E-state index contributed by atoms with van der Waals surface area (Å²) in [4.78, 5) is 0. The van der Waals surface area contributed by atoms with Crippen molar-refractivity contribution < 1.29 is 22.3 Å². The molecule has 0 amide bonds. The lowest BCUT2D eigenvalue weighted by Gasteiger charge is -2.13. The van der Waals surface area contributed by atoms with E-state index in [1.165, 1.54) is 18.4 Å². The van der Waals surface area contributed by atoms with Crippen LogP contribution >= 0.6 is 0 Å². The molecule has 0 radical (unpaired) electrons. The number of furan rings is 1. The molecule has 1 heterocycles. The van der Waals surface area contributed by atoms with Crippen LogP contribution in [0, 0.1) is 0 Å². The Balaban J connectivity index is 2.35. The van der Waals surface area contributed by atoms with E-state index in [-0.39, 0.29) is 5.75 Å². The van der Waals surface area contributed by atoms with Gasteiger partial charge in [-0.1, -0.05) is 25.1 Å². The molecule has 2 rings (SSSR count). The first kappa shape index (κ1) is 14.5. The molecule has 0 fully saturated rings. The molecule has 3 nitrogen and oxygen atoms in total. The second kappa shape index (κ2) is 6.00. The van der Waals surface area contributed by atoms with Crippen LogP contribution < -0.4 is 10.1 Å². The summed E-state index contributed by atoms with van der Waals surface area (Å²) in [6.45, 7) is 3.11. The molecule has 0 saturated heterocycles. The fraction of sp³-hybridized carbons (Fsp3) is 0.286. The Labute approximate surface area is 114 Å². The Morgan fingerprint density at radius 3 is 2.60 bits per heavy atom. The molecule has 1 aromatic heterocycles. The van der Waals surface area contributed by atoms with Crippen molar-refractivity contribution in [2.45, 2.75) is 19.8 Å². The van der Waals surface area contributed by atoms with E-state index in [9.17, 15) is 13.2 Å². The molecule has 2 aromatic rings. The van der Waals surface area contributed by atoms with E-state index >= 15 is 0 Å². The van der Waals surface area contributed by atoms with Crippen molar-refractivity contribution in [1.82, 2.24) is 5.32 Å². The first-order chi connectivity index (χ1) is 9.51. The van der Waals surface area contributed by atoms with Gasteiger partial charge in [-0.25, -0.2) is 0 Å². The molecular weight excluding hydrogens is 271 g/mol. The maximum Gasteiger partial charge on any atom is 0.573 e. The van der Waals surface area contributed by atoms with Gasteiger partial charge < -0.3 is 14.5 Å². The molecule has 0 spiro atoms. The third-order valence-electron chi connectivity index (χ3n) is 2.68. The highest BCUT2D eigenvalue weighted by atomic mass is 19.4. The van der Waals surface area contributed by atoms with Gasteiger partial charge in [0.2, 0.25) is 0 Å². The van der Waals surface area contributed by atoms with E-state index in [1.807, 2.05) is 6.92 Å². The summed E-state index contributed by atoms with van der Waals surface area (Å²) < 4.78 is 46.6. The van der Waals surface area contributed by atoms with E-state index in [2.05, 4.69) is 10.1 Å². The number of alkyl halides is 3. The first-order valence-corrected chi connectivity index (χ1v) is 6.13. The molecule has 1 N–H and O–H groups in total. The lowest BCUT2D eigenvalue weighted by atomic mass is 10.1. The molecule has 6 heteroatoms. The lowest BCUT2D eigenvalue weighted by molar-refractivity contribution is -0.274. The third kappa shape index (κ3) is 3.54. The highest BCUT2D eigenvalue weighted by Gasteiger charge is 2.32. The standard InChI is InChI=1S/C14H14F3NO2/c1-2-18-9-13-11(7-8-19-13)10-5-3-4-6-12(10)20-14(15,16)17/h3-8,18H,2,9H2,1H3. The van der Waals surface area contributed by atoms with E-state index in [1.54, 1.807) is 18.2 Å². The number of para-hydroxylation sites is 1. The summed E-state index contributed by atoms with van der Waals surface area (Å²) in [5.74, 6) is 0.337. The fourth-order valence-electron chi connectivity index (χ4n) is 1.86. The van der Waals surface area contributed by atoms with Crippen LogP contribution in [0.15, 0.2) is 41.0 Å². The lowest BCUT2D eigenvalue weighted by Crippen LogP contribution is -2.17. The Morgan fingerprint density at radius 2 is 1.90 bits per heavy atom. The Bertz CT molecular complexity index is 564. The fourth-order valence-corrected chi connectivity index (χ4v) is 1.86. The van der Waals surface area contributed by atoms with Crippen molar-refractivity contribution in [3.63, 3.8) is 0 Å². The van der Waals surface area contributed by atoms with Gasteiger partial charge in [0, 0.05) is 11.1 Å². The SMILES string of the molecule is CCNCc1occc1-c1ccccc1OC(F)(F)F. The van der Waals surface area contributed by atoms with Gasteiger partial charge in [-0.3, -0.25) is 0 Å². The van der Waals surface area contributed by atoms with Crippen LogP contribution in [0.3, 0.4) is 0 Å². The number of nitrogens with one attached hydrogen (secondary N) is 1. The van der Waals surface area contributed by atoms with Crippen molar-refractivity contribution in [3.05, 3.63) is 42.4 Å². The Morgan fingerprint density at radius 1 is 1.15 bits per heavy atom. The zero-order valence-corrected chi connectivity index (χ0v) is 10.8. The summed E-state index contributed by atoms with van der Waals surface area (Å²) in [6, 6.07) is 7.64. The van der Waals surface area contributed by atoms with Crippen LogP contribution in [0.5, 0.6) is 5.75 Å². The van der Waals surface area contributed by atoms with Crippen LogP contribution in [0.25, 0.3) is 11.1 Å². The quantitative estimate of drug-likeness (QED) is 0.903. The summed E-state index contributed by atoms with van der Waals surface area (Å²) in [6.07, 6.45) is -3.27. The molecule has 0 bridgehead atoms. The maximum atomic E-state index is 12.4. The molecule has 1 aromatic carbocycles. The van der Waals surface area contributed by atoms with Crippen molar-refractivity contribution in [1.29, 1.82) is 0 Å². The van der Waals surface area contributed by atoms with Crippen molar-refractivity contribution >= 4 is 0 Å². The maximum absolute atomic E-state index is 12.4. The average Bonchev–Trinajstić information content (AvgIpc) is 2.83. The van der Waals surface area contributed by atoms with Gasteiger partial charge in [0.25, 0.3) is 0 Å². The van der Waals surface area contributed by atoms with Crippen LogP contribution in [0.2, 0.25) is 0 Å². The molecular formula is C14H14F3NO2. The molecule has 0 aliphatic carbocycles. The minimum absolute atomic E-state index is 0.237. The van der Waals surface area contributed by atoms with Gasteiger partial charge in [0.15, 0.2) is 0 Å². The van der Waals surface area contributed by atoms with E-state index < -0.39 is 6.36 Å². The number of benzene rings is 1. The zero-order chi connectivity index (χ0) is 14.6. The second-order valence-electron chi connectivity index (χ2n) is 4.08. The molecule has 0 aliphatic heterocycles. The van der Waals surface area contributed by atoms with Gasteiger partial charge in [-0.15, -0.1) is 13.2 Å². The molecule has 0 unspecified atom stereocenters. The summed E-state index contributed by atoms with van der Waals surface area (Å²) in [5.41, 5.74) is 0.942. The van der Waals surface area contributed by atoms with E-state index in [0.29, 0.717) is 23.4 Å². The predicted molar refractivity (Wildman–Crippen MR) is 68.2 cm³/mol. The molecule has 0 saturated carbocycles. The van der Waals surface area contributed by atoms with E-state index in [0.717, 1.165) is 6.54 Å². The van der Waals surface area contributed by atoms with Crippen molar-refractivity contribution in [2.24, 2.45) is 0 Å². The van der Waals surface area contributed by atoms with E-state index in [4.69, 9.17) is 4.42 Å². The van der Waals surface area contributed by atoms with Gasteiger partial charge >= 0.3 is 6.36 Å². The predicted octanol–water partition coefficient (Wildman–Crippen LogP) is 3.95. The van der Waals surface area contributed by atoms with Crippen LogP contribution in [0.4, 0.5) is 13.2 Å². The van der Waals surface area contributed by atoms with Crippen LogP contribution in [-0.2, 0) is 6.54 Å². The Kier molecular flexibility index (Phi) is 4.34.